The van der Waals surface area contributed by atoms with Gasteiger partial charge in [-0.2, -0.15) is 0 Å². The van der Waals surface area contributed by atoms with Crippen molar-refractivity contribution >= 4 is 18.1 Å². The van der Waals surface area contributed by atoms with Crippen LogP contribution in [0, 0.1) is 0 Å². The van der Waals surface area contributed by atoms with Crippen LogP contribution in [0.2, 0.25) is 0 Å². The number of amides is 1. The molecule has 11 nitrogen and oxygen atoms in total. The average molecular weight is 522 g/mol. The van der Waals surface area contributed by atoms with E-state index in [2.05, 4.69) is 0 Å². The molecule has 2 aromatic carbocycles. The van der Waals surface area contributed by atoms with Crippen LogP contribution in [-0.2, 0) is 9.47 Å². The highest BCUT2D eigenvalue weighted by molar-refractivity contribution is 5.94. The predicted octanol–water partition coefficient (Wildman–Crippen LogP) is 0.330. The second kappa shape index (κ2) is 15.3. The molecule has 0 spiro atoms. The summed E-state index contributed by atoms with van der Waals surface area (Å²) < 4.78 is 21.0. The Balaban J connectivity index is 2.03. The molecule has 0 fully saturated rings. The summed E-state index contributed by atoms with van der Waals surface area (Å²) in [6, 6.07) is 12.2. The SMILES string of the molecule is COCOc1ccc(/C=C/c2ccc(C(=O)N(C)CC(O)C(O)C(O)C(O)CO)cc2)cc1OCOC. The summed E-state index contributed by atoms with van der Waals surface area (Å²) in [5.41, 5.74) is 2.03. The van der Waals surface area contributed by atoms with Crippen molar-refractivity contribution in [2.45, 2.75) is 24.4 Å². The van der Waals surface area contributed by atoms with Crippen LogP contribution < -0.4 is 9.47 Å². The summed E-state index contributed by atoms with van der Waals surface area (Å²) in [7, 11) is 4.48. The van der Waals surface area contributed by atoms with Crippen LogP contribution in [0.25, 0.3) is 12.2 Å². The van der Waals surface area contributed by atoms with E-state index in [4.69, 9.17) is 24.1 Å². The molecule has 37 heavy (non-hydrogen) atoms. The molecule has 204 valence electrons. The van der Waals surface area contributed by atoms with Crippen LogP contribution in [0.4, 0.5) is 0 Å². The minimum absolute atomic E-state index is 0.0572. The van der Waals surface area contributed by atoms with E-state index in [0.29, 0.717) is 17.1 Å². The molecule has 5 N–H and O–H groups in total. The first-order chi connectivity index (χ1) is 17.7. The van der Waals surface area contributed by atoms with Crippen molar-refractivity contribution in [1.82, 2.24) is 4.90 Å². The molecule has 4 unspecified atom stereocenters. The lowest BCUT2D eigenvalue weighted by Gasteiger charge is -2.28. The van der Waals surface area contributed by atoms with Crippen LogP contribution in [0.5, 0.6) is 11.5 Å². The number of hydrogen-bond acceptors (Lipinski definition) is 10. The molecule has 0 saturated carbocycles. The van der Waals surface area contributed by atoms with Crippen LogP contribution in [0.15, 0.2) is 42.5 Å². The van der Waals surface area contributed by atoms with Crippen molar-refractivity contribution in [2.24, 2.45) is 0 Å². The quantitative estimate of drug-likeness (QED) is 0.163. The first-order valence-electron chi connectivity index (χ1n) is 11.5. The van der Waals surface area contributed by atoms with Crippen molar-refractivity contribution < 1.29 is 49.3 Å². The van der Waals surface area contributed by atoms with Gasteiger partial charge in [0, 0.05) is 33.4 Å². The molecular weight excluding hydrogens is 486 g/mol. The highest BCUT2D eigenvalue weighted by Crippen LogP contribution is 2.29. The molecule has 4 atom stereocenters. The van der Waals surface area contributed by atoms with Gasteiger partial charge in [0.15, 0.2) is 25.1 Å². The van der Waals surface area contributed by atoms with Gasteiger partial charge in [-0.1, -0.05) is 30.4 Å². The summed E-state index contributed by atoms with van der Waals surface area (Å²) in [6.45, 7) is -0.944. The Labute approximate surface area is 215 Å². The normalized spacial score (nSPS) is 14.7. The molecule has 0 aliphatic rings. The fourth-order valence-electron chi connectivity index (χ4n) is 3.29. The largest absolute Gasteiger partial charge is 0.464 e. The van der Waals surface area contributed by atoms with E-state index < -0.39 is 36.9 Å². The van der Waals surface area contributed by atoms with E-state index in [1.165, 1.54) is 26.2 Å². The van der Waals surface area contributed by atoms with Crippen molar-refractivity contribution in [3.63, 3.8) is 0 Å². The lowest BCUT2D eigenvalue weighted by Crippen LogP contribution is -2.49. The van der Waals surface area contributed by atoms with Gasteiger partial charge in [0.1, 0.15) is 24.4 Å². The lowest BCUT2D eigenvalue weighted by molar-refractivity contribution is -0.117. The van der Waals surface area contributed by atoms with Gasteiger partial charge in [0.2, 0.25) is 0 Å². The molecule has 0 aliphatic heterocycles. The van der Waals surface area contributed by atoms with E-state index in [9.17, 15) is 25.2 Å². The molecule has 11 heteroatoms. The molecule has 0 heterocycles. The maximum atomic E-state index is 12.7. The van der Waals surface area contributed by atoms with E-state index in [-0.39, 0.29) is 20.1 Å². The van der Waals surface area contributed by atoms with E-state index in [1.54, 1.807) is 36.4 Å². The van der Waals surface area contributed by atoms with Gasteiger partial charge in [-0.3, -0.25) is 4.79 Å². The van der Waals surface area contributed by atoms with Crippen molar-refractivity contribution in [3.05, 3.63) is 59.2 Å². The summed E-state index contributed by atoms with van der Waals surface area (Å²) in [4.78, 5) is 13.9. The summed E-state index contributed by atoms with van der Waals surface area (Å²) >= 11 is 0. The third-order valence-electron chi connectivity index (χ3n) is 5.39. The summed E-state index contributed by atoms with van der Waals surface area (Å²) in [5, 5.41) is 48.1. The third kappa shape index (κ3) is 9.09. The zero-order valence-corrected chi connectivity index (χ0v) is 21.1. The summed E-state index contributed by atoms with van der Waals surface area (Å²) in [6.07, 6.45) is -2.92. The van der Waals surface area contributed by atoms with E-state index >= 15 is 0 Å². The smallest absolute Gasteiger partial charge is 0.253 e. The van der Waals surface area contributed by atoms with Gasteiger partial charge < -0.3 is 49.4 Å². The van der Waals surface area contributed by atoms with Crippen LogP contribution >= 0.6 is 0 Å². The first-order valence-corrected chi connectivity index (χ1v) is 11.5. The maximum absolute atomic E-state index is 12.7. The number of hydrogen-bond donors (Lipinski definition) is 5. The summed E-state index contributed by atoms with van der Waals surface area (Å²) in [5.74, 6) is 0.598. The Morgan fingerprint density at radius 1 is 0.838 bits per heavy atom. The average Bonchev–Trinajstić information content (AvgIpc) is 2.92. The van der Waals surface area contributed by atoms with Gasteiger partial charge in [-0.05, 0) is 35.4 Å². The molecule has 0 aromatic heterocycles. The number of aliphatic hydroxyl groups is 5. The Morgan fingerprint density at radius 3 is 1.97 bits per heavy atom. The second-order valence-corrected chi connectivity index (χ2v) is 8.25. The van der Waals surface area contributed by atoms with Gasteiger partial charge in [-0.15, -0.1) is 0 Å². The number of carbonyl (C=O) groups is 1. The zero-order valence-electron chi connectivity index (χ0n) is 21.1. The topological polar surface area (TPSA) is 158 Å². The highest BCUT2D eigenvalue weighted by atomic mass is 16.7. The van der Waals surface area contributed by atoms with Gasteiger partial charge in [0.25, 0.3) is 5.91 Å². The van der Waals surface area contributed by atoms with E-state index in [0.717, 1.165) is 11.1 Å². The highest BCUT2D eigenvalue weighted by Gasteiger charge is 2.31. The van der Waals surface area contributed by atoms with Crippen LogP contribution in [-0.4, -0.2) is 109 Å². The Hall–Kier alpha value is -3.03. The number of ether oxygens (including phenoxy) is 4. The molecule has 0 bridgehead atoms. The fraction of sp³-hybridized carbons (Fsp3) is 0.423. The number of likely N-dealkylation sites (N-methyl/N-ethyl adjacent to an activating group) is 1. The zero-order chi connectivity index (χ0) is 27.4. The number of methoxy groups -OCH3 is 2. The van der Waals surface area contributed by atoms with Crippen molar-refractivity contribution in [3.8, 4) is 11.5 Å². The van der Waals surface area contributed by atoms with Gasteiger partial charge in [0.05, 0.1) is 6.61 Å². The Morgan fingerprint density at radius 2 is 1.38 bits per heavy atom. The van der Waals surface area contributed by atoms with Crippen molar-refractivity contribution in [2.75, 3.05) is 48.0 Å². The molecule has 1 amide bonds. The monoisotopic (exact) mass is 521 g/mol. The molecule has 2 aromatic rings. The Bertz CT molecular complexity index is 997. The predicted molar refractivity (Wildman–Crippen MR) is 135 cm³/mol. The maximum Gasteiger partial charge on any atom is 0.253 e. The minimum Gasteiger partial charge on any atom is -0.464 e. The van der Waals surface area contributed by atoms with Crippen LogP contribution in [0.1, 0.15) is 21.5 Å². The number of nitrogens with zero attached hydrogens (tertiary/aromatic N) is 1. The number of rotatable bonds is 15. The third-order valence-corrected chi connectivity index (χ3v) is 5.39. The molecule has 2 rings (SSSR count). The van der Waals surface area contributed by atoms with Gasteiger partial charge >= 0.3 is 0 Å². The van der Waals surface area contributed by atoms with Gasteiger partial charge in [-0.25, -0.2) is 0 Å². The van der Waals surface area contributed by atoms with Crippen molar-refractivity contribution in [1.29, 1.82) is 0 Å². The number of carbonyl (C=O) groups excluding carboxylic acids is 1. The molecule has 0 saturated heterocycles. The molecule has 0 aliphatic carbocycles. The minimum atomic E-state index is -1.76. The Kier molecular flexibility index (Phi) is 12.5. The lowest BCUT2D eigenvalue weighted by atomic mass is 10.0. The molecule has 0 radical (unpaired) electrons. The number of aliphatic hydroxyl groups excluding tert-OH is 5. The first kappa shape index (κ1) is 30.2. The fourth-order valence-corrected chi connectivity index (χ4v) is 3.29. The standard InChI is InChI=1S/C26H35NO10/c1-27(13-20(29)24(31)25(32)21(30)14-28)26(33)19-9-6-17(7-10-19)4-5-18-8-11-22(36-15-34-2)23(12-18)37-16-35-3/h4-12,20-21,24-25,28-32H,13-16H2,1-3H3/b5-4+. The van der Waals surface area contributed by atoms with Crippen LogP contribution in [0.3, 0.4) is 0 Å². The second-order valence-electron chi connectivity index (χ2n) is 8.25. The molecular formula is C26H35NO10. The number of benzene rings is 2. The van der Waals surface area contributed by atoms with E-state index in [1.807, 2.05) is 18.2 Å².